The average molecular weight is 253 g/mol. The van der Waals surface area contributed by atoms with Gasteiger partial charge in [0.25, 0.3) is 0 Å². The Kier molecular flexibility index (Phi) is 3.90. The predicted octanol–water partition coefficient (Wildman–Crippen LogP) is 1.47. The highest BCUT2D eigenvalue weighted by Gasteiger charge is 2.62. The van der Waals surface area contributed by atoms with Crippen LogP contribution in [0.15, 0.2) is 0 Å². The first kappa shape index (κ1) is 14.4. The zero-order chi connectivity index (χ0) is 14.0. The molecule has 0 heterocycles. The largest absolute Gasteiger partial charge is 0.464 e. The lowest BCUT2D eigenvalue weighted by atomic mass is 10.2. The van der Waals surface area contributed by atoms with E-state index in [1.165, 1.54) is 0 Å². The summed E-state index contributed by atoms with van der Waals surface area (Å²) in [5.74, 6) is 1.64. The molecule has 0 radical (unpaired) electrons. The molecule has 0 saturated heterocycles. The third-order valence-corrected chi connectivity index (χ3v) is 2.53. The minimum Gasteiger partial charge on any atom is -0.464 e. The molecule has 1 N–H and O–H groups in total. The number of hydrogen-bond donors (Lipinski definition) is 1. The van der Waals surface area contributed by atoms with Crippen LogP contribution in [0.25, 0.3) is 0 Å². The molecule has 0 aromatic heterocycles. The maximum Gasteiger partial charge on any atom is 0.408 e. The highest BCUT2D eigenvalue weighted by molar-refractivity contribution is 5.90. The molecule has 18 heavy (non-hydrogen) atoms. The van der Waals surface area contributed by atoms with Gasteiger partial charge in [-0.25, -0.2) is 9.59 Å². The Morgan fingerprint density at radius 3 is 2.50 bits per heavy atom. The summed E-state index contributed by atoms with van der Waals surface area (Å²) in [6.07, 6.45) is 5.03. The molecule has 100 valence electrons. The topological polar surface area (TPSA) is 64.6 Å². The Labute approximate surface area is 107 Å². The molecular weight excluding hydrogens is 234 g/mol. The average Bonchev–Trinajstić information content (AvgIpc) is 2.90. The van der Waals surface area contributed by atoms with E-state index in [-0.39, 0.29) is 12.5 Å². The van der Waals surface area contributed by atoms with Crippen LogP contribution in [0.1, 0.15) is 34.1 Å². The fourth-order valence-corrected chi connectivity index (χ4v) is 1.62. The van der Waals surface area contributed by atoms with Crippen molar-refractivity contribution < 1.29 is 19.1 Å². The van der Waals surface area contributed by atoms with E-state index in [0.717, 1.165) is 0 Å². The molecule has 1 amide bonds. The number of nitrogens with one attached hydrogen (secondary N) is 1. The lowest BCUT2D eigenvalue weighted by molar-refractivity contribution is -0.147. The molecule has 1 saturated carbocycles. The number of ether oxygens (including phenoxy) is 2. The summed E-state index contributed by atoms with van der Waals surface area (Å²) >= 11 is 0. The summed E-state index contributed by atoms with van der Waals surface area (Å²) in [5, 5.41) is 2.53. The molecule has 5 nitrogen and oxygen atoms in total. The normalized spacial score (nSPS) is 25.8. The molecule has 5 heteroatoms. The van der Waals surface area contributed by atoms with Gasteiger partial charge in [-0.1, -0.05) is 0 Å². The minimum atomic E-state index is -1.10. The van der Waals surface area contributed by atoms with Crippen molar-refractivity contribution in [3.63, 3.8) is 0 Å². The highest BCUT2D eigenvalue weighted by Crippen LogP contribution is 2.44. The summed E-state index contributed by atoms with van der Waals surface area (Å²) < 4.78 is 10.0. The van der Waals surface area contributed by atoms with Crippen LogP contribution in [0, 0.1) is 18.3 Å². The number of hydrogen-bond acceptors (Lipinski definition) is 4. The molecule has 0 aromatic rings. The molecule has 0 aliphatic heterocycles. The van der Waals surface area contributed by atoms with Crippen LogP contribution >= 0.6 is 0 Å². The van der Waals surface area contributed by atoms with E-state index >= 15 is 0 Å². The summed E-state index contributed by atoms with van der Waals surface area (Å²) in [6, 6.07) is 0. The zero-order valence-corrected chi connectivity index (χ0v) is 11.2. The number of terminal acetylenes is 1. The quantitative estimate of drug-likeness (QED) is 0.611. The second-order valence-electron chi connectivity index (χ2n) is 5.24. The van der Waals surface area contributed by atoms with Crippen molar-refractivity contribution in [2.24, 2.45) is 5.92 Å². The fraction of sp³-hybridized carbons (Fsp3) is 0.692. The fourth-order valence-electron chi connectivity index (χ4n) is 1.62. The Hall–Kier alpha value is -1.70. The van der Waals surface area contributed by atoms with Gasteiger partial charge in [-0.05, 0) is 34.1 Å². The van der Waals surface area contributed by atoms with Crippen molar-refractivity contribution in [3.05, 3.63) is 0 Å². The van der Waals surface area contributed by atoms with Gasteiger partial charge < -0.3 is 14.8 Å². The molecule has 1 aliphatic rings. The SMILES string of the molecule is C#C[C@H]1C[C@@]1(NC(=O)OC(C)(C)C)C(=O)OCC. The maximum absolute atomic E-state index is 11.8. The van der Waals surface area contributed by atoms with Crippen molar-refractivity contribution in [2.45, 2.75) is 45.3 Å². The second-order valence-corrected chi connectivity index (χ2v) is 5.24. The summed E-state index contributed by atoms with van der Waals surface area (Å²) in [6.45, 7) is 7.18. The molecule has 0 spiro atoms. The zero-order valence-electron chi connectivity index (χ0n) is 11.2. The molecule has 2 atom stereocenters. The molecule has 1 rings (SSSR count). The van der Waals surface area contributed by atoms with E-state index in [4.69, 9.17) is 15.9 Å². The molecule has 1 fully saturated rings. The van der Waals surface area contributed by atoms with Gasteiger partial charge in [-0.2, -0.15) is 0 Å². The Bertz CT molecular complexity index is 391. The van der Waals surface area contributed by atoms with E-state index in [9.17, 15) is 9.59 Å². The van der Waals surface area contributed by atoms with Crippen LogP contribution in [0.4, 0.5) is 4.79 Å². The van der Waals surface area contributed by atoms with Crippen molar-refractivity contribution >= 4 is 12.1 Å². The van der Waals surface area contributed by atoms with Crippen molar-refractivity contribution in [1.82, 2.24) is 5.32 Å². The summed E-state index contributed by atoms with van der Waals surface area (Å²) in [4.78, 5) is 23.5. The third-order valence-electron chi connectivity index (χ3n) is 2.53. The van der Waals surface area contributed by atoms with E-state index in [2.05, 4.69) is 11.2 Å². The molecular formula is C13H19NO4. The monoisotopic (exact) mass is 253 g/mol. The van der Waals surface area contributed by atoms with Crippen molar-refractivity contribution in [3.8, 4) is 12.3 Å². The van der Waals surface area contributed by atoms with E-state index in [1.54, 1.807) is 27.7 Å². The first-order valence-corrected chi connectivity index (χ1v) is 5.89. The lowest BCUT2D eigenvalue weighted by Crippen LogP contribution is -2.47. The van der Waals surface area contributed by atoms with Gasteiger partial charge in [-0.15, -0.1) is 12.3 Å². The highest BCUT2D eigenvalue weighted by atomic mass is 16.6. The predicted molar refractivity (Wildman–Crippen MR) is 65.7 cm³/mol. The first-order chi connectivity index (χ1) is 8.25. The molecule has 1 aliphatic carbocycles. The van der Waals surface area contributed by atoms with Gasteiger partial charge in [0.2, 0.25) is 0 Å². The third kappa shape index (κ3) is 3.16. The smallest absolute Gasteiger partial charge is 0.408 e. The van der Waals surface area contributed by atoms with Gasteiger partial charge in [-0.3, -0.25) is 0 Å². The molecule has 0 unspecified atom stereocenters. The Balaban J connectivity index is 2.69. The van der Waals surface area contributed by atoms with Gasteiger partial charge in [0.1, 0.15) is 5.60 Å². The minimum absolute atomic E-state index is 0.244. The van der Waals surface area contributed by atoms with Gasteiger partial charge in [0.05, 0.1) is 12.5 Å². The van der Waals surface area contributed by atoms with Crippen LogP contribution in [0.2, 0.25) is 0 Å². The number of amides is 1. The maximum atomic E-state index is 11.8. The van der Waals surface area contributed by atoms with Gasteiger partial charge in [0.15, 0.2) is 5.54 Å². The lowest BCUT2D eigenvalue weighted by Gasteiger charge is -2.22. The van der Waals surface area contributed by atoms with E-state index in [1.807, 2.05) is 0 Å². The summed E-state index contributed by atoms with van der Waals surface area (Å²) in [7, 11) is 0. The van der Waals surface area contributed by atoms with Crippen LogP contribution in [0.5, 0.6) is 0 Å². The van der Waals surface area contributed by atoms with Crippen molar-refractivity contribution in [1.29, 1.82) is 0 Å². The first-order valence-electron chi connectivity index (χ1n) is 5.89. The van der Waals surface area contributed by atoms with E-state index in [0.29, 0.717) is 6.42 Å². The van der Waals surface area contributed by atoms with Gasteiger partial charge in [0, 0.05) is 0 Å². The van der Waals surface area contributed by atoms with Crippen LogP contribution in [-0.4, -0.2) is 29.8 Å². The second kappa shape index (κ2) is 4.89. The van der Waals surface area contributed by atoms with Gasteiger partial charge >= 0.3 is 12.1 Å². The van der Waals surface area contributed by atoms with Crippen LogP contribution < -0.4 is 5.32 Å². The number of esters is 1. The summed E-state index contributed by atoms with van der Waals surface area (Å²) in [5.41, 5.74) is -1.73. The Morgan fingerprint density at radius 1 is 1.50 bits per heavy atom. The number of carbonyl (C=O) groups is 2. The number of rotatable bonds is 3. The van der Waals surface area contributed by atoms with Crippen LogP contribution in [0.3, 0.4) is 0 Å². The molecule has 0 aromatic carbocycles. The Morgan fingerprint density at radius 2 is 2.11 bits per heavy atom. The standard InChI is InChI=1S/C13H19NO4/c1-6-9-8-13(9,10(15)17-7-2)14-11(16)18-12(3,4)5/h1,9H,7-8H2,2-5H3,(H,14,16)/t9-,13-/m0/s1. The van der Waals surface area contributed by atoms with Crippen molar-refractivity contribution in [2.75, 3.05) is 6.61 Å². The van der Waals surface area contributed by atoms with E-state index < -0.39 is 23.2 Å². The number of alkyl carbamates (subject to hydrolysis) is 1. The molecule has 0 bridgehead atoms. The van der Waals surface area contributed by atoms with Crippen LogP contribution in [-0.2, 0) is 14.3 Å². The number of carbonyl (C=O) groups excluding carboxylic acids is 2.